The highest BCUT2D eigenvalue weighted by Gasteiger charge is 2.14. The molecule has 1 aromatic carbocycles. The molecule has 1 atom stereocenters. The van der Waals surface area contributed by atoms with Gasteiger partial charge in [-0.05, 0) is 31.5 Å². The van der Waals surface area contributed by atoms with Crippen LogP contribution in [0.2, 0.25) is 0 Å². The van der Waals surface area contributed by atoms with Crippen LogP contribution in [0.15, 0.2) is 30.5 Å². The van der Waals surface area contributed by atoms with Crippen molar-refractivity contribution in [1.82, 2.24) is 9.78 Å². The minimum atomic E-state index is -0.478. The van der Waals surface area contributed by atoms with E-state index in [4.69, 9.17) is 0 Å². The SMILES string of the molecule is Cc1ccc(NC(=O)C(C)Nc2ccn(C)n2)cc1F. The summed E-state index contributed by atoms with van der Waals surface area (Å²) in [5, 5.41) is 9.76. The van der Waals surface area contributed by atoms with Crippen LogP contribution < -0.4 is 10.6 Å². The molecule has 1 aromatic heterocycles. The Labute approximate surface area is 116 Å². The van der Waals surface area contributed by atoms with Gasteiger partial charge in [-0.2, -0.15) is 5.10 Å². The van der Waals surface area contributed by atoms with Crippen molar-refractivity contribution in [1.29, 1.82) is 0 Å². The molecule has 1 amide bonds. The van der Waals surface area contributed by atoms with Gasteiger partial charge in [0, 0.05) is 25.0 Å². The molecule has 6 heteroatoms. The number of hydrogen-bond acceptors (Lipinski definition) is 3. The highest BCUT2D eigenvalue weighted by atomic mass is 19.1. The monoisotopic (exact) mass is 276 g/mol. The van der Waals surface area contributed by atoms with Crippen molar-refractivity contribution in [3.05, 3.63) is 41.8 Å². The molecule has 1 heterocycles. The lowest BCUT2D eigenvalue weighted by atomic mass is 10.2. The predicted molar refractivity (Wildman–Crippen MR) is 76.1 cm³/mol. The zero-order valence-corrected chi connectivity index (χ0v) is 11.6. The molecule has 0 aliphatic heterocycles. The Morgan fingerprint density at radius 3 is 2.75 bits per heavy atom. The summed E-state index contributed by atoms with van der Waals surface area (Å²) >= 11 is 0. The van der Waals surface area contributed by atoms with Gasteiger partial charge in [0.25, 0.3) is 0 Å². The lowest BCUT2D eigenvalue weighted by molar-refractivity contribution is -0.116. The molecular weight excluding hydrogens is 259 g/mol. The lowest BCUT2D eigenvalue weighted by Crippen LogP contribution is -2.32. The first-order chi connectivity index (χ1) is 9.45. The maximum Gasteiger partial charge on any atom is 0.246 e. The average Bonchev–Trinajstić information content (AvgIpc) is 2.79. The number of carbonyl (C=O) groups is 1. The maximum atomic E-state index is 13.4. The molecule has 1 unspecified atom stereocenters. The Morgan fingerprint density at radius 2 is 2.15 bits per heavy atom. The van der Waals surface area contributed by atoms with Gasteiger partial charge in [-0.3, -0.25) is 9.48 Å². The van der Waals surface area contributed by atoms with Crippen molar-refractivity contribution in [2.24, 2.45) is 7.05 Å². The first-order valence-electron chi connectivity index (χ1n) is 6.29. The van der Waals surface area contributed by atoms with E-state index in [9.17, 15) is 9.18 Å². The molecule has 0 fully saturated rings. The summed E-state index contributed by atoms with van der Waals surface area (Å²) in [5.41, 5.74) is 0.982. The highest BCUT2D eigenvalue weighted by molar-refractivity contribution is 5.96. The topological polar surface area (TPSA) is 59.0 Å². The third-order valence-electron chi connectivity index (χ3n) is 2.91. The predicted octanol–water partition coefficient (Wildman–Crippen LogP) is 2.31. The zero-order chi connectivity index (χ0) is 14.7. The number of aryl methyl sites for hydroxylation is 2. The quantitative estimate of drug-likeness (QED) is 0.901. The summed E-state index contributed by atoms with van der Waals surface area (Å²) in [6.45, 7) is 3.39. The molecule has 20 heavy (non-hydrogen) atoms. The van der Waals surface area contributed by atoms with Crippen LogP contribution in [0.5, 0.6) is 0 Å². The Hall–Kier alpha value is -2.37. The van der Waals surface area contributed by atoms with E-state index in [1.54, 1.807) is 50.0 Å². The van der Waals surface area contributed by atoms with Crippen LogP contribution in [0.4, 0.5) is 15.9 Å². The number of carbonyl (C=O) groups excluding carboxylic acids is 1. The normalized spacial score (nSPS) is 12.0. The number of rotatable bonds is 4. The van der Waals surface area contributed by atoms with E-state index in [2.05, 4.69) is 15.7 Å². The van der Waals surface area contributed by atoms with Gasteiger partial charge >= 0.3 is 0 Å². The van der Waals surface area contributed by atoms with Crippen LogP contribution in [-0.4, -0.2) is 21.7 Å². The Morgan fingerprint density at radius 1 is 1.40 bits per heavy atom. The average molecular weight is 276 g/mol. The Balaban J connectivity index is 1.98. The fraction of sp³-hybridized carbons (Fsp3) is 0.286. The minimum Gasteiger partial charge on any atom is -0.357 e. The minimum absolute atomic E-state index is 0.251. The van der Waals surface area contributed by atoms with Gasteiger partial charge in [0.15, 0.2) is 0 Å². The largest absolute Gasteiger partial charge is 0.357 e. The molecule has 0 aliphatic rings. The third-order valence-corrected chi connectivity index (χ3v) is 2.91. The second kappa shape index (κ2) is 5.73. The summed E-state index contributed by atoms with van der Waals surface area (Å²) in [6.07, 6.45) is 1.78. The molecule has 5 nitrogen and oxygen atoms in total. The van der Waals surface area contributed by atoms with Crippen LogP contribution in [0.1, 0.15) is 12.5 Å². The molecule has 0 bridgehead atoms. The molecule has 2 aromatic rings. The standard InChI is InChI=1S/C14H17FN4O/c1-9-4-5-11(8-12(9)15)17-14(20)10(2)16-13-6-7-19(3)18-13/h4-8,10H,1-3H3,(H,16,18)(H,17,20). The van der Waals surface area contributed by atoms with E-state index in [-0.39, 0.29) is 11.7 Å². The van der Waals surface area contributed by atoms with E-state index >= 15 is 0 Å². The van der Waals surface area contributed by atoms with Gasteiger partial charge in [-0.15, -0.1) is 0 Å². The van der Waals surface area contributed by atoms with E-state index in [1.165, 1.54) is 6.07 Å². The van der Waals surface area contributed by atoms with Crippen molar-refractivity contribution in [3.8, 4) is 0 Å². The Bertz CT molecular complexity index is 623. The van der Waals surface area contributed by atoms with Gasteiger partial charge in [-0.1, -0.05) is 6.07 Å². The fourth-order valence-corrected chi connectivity index (χ4v) is 1.70. The Kier molecular flexibility index (Phi) is 4.02. The van der Waals surface area contributed by atoms with Crippen LogP contribution in [0.25, 0.3) is 0 Å². The second-order valence-electron chi connectivity index (χ2n) is 4.69. The number of benzene rings is 1. The number of nitrogens with one attached hydrogen (secondary N) is 2. The number of amides is 1. The summed E-state index contributed by atoms with van der Waals surface area (Å²) in [6, 6.07) is 5.90. The zero-order valence-electron chi connectivity index (χ0n) is 11.6. The summed E-state index contributed by atoms with van der Waals surface area (Å²) < 4.78 is 15.0. The maximum absolute atomic E-state index is 13.4. The molecule has 0 saturated heterocycles. The first-order valence-corrected chi connectivity index (χ1v) is 6.29. The third kappa shape index (κ3) is 3.34. The molecule has 0 radical (unpaired) electrons. The van der Waals surface area contributed by atoms with Crippen LogP contribution in [0, 0.1) is 12.7 Å². The van der Waals surface area contributed by atoms with Crippen LogP contribution in [0.3, 0.4) is 0 Å². The number of nitrogens with zero attached hydrogens (tertiary/aromatic N) is 2. The van der Waals surface area contributed by atoms with Crippen molar-refractivity contribution < 1.29 is 9.18 Å². The molecular formula is C14H17FN4O. The van der Waals surface area contributed by atoms with Gasteiger partial charge < -0.3 is 10.6 Å². The number of hydrogen-bond donors (Lipinski definition) is 2. The first kappa shape index (κ1) is 14.0. The highest BCUT2D eigenvalue weighted by Crippen LogP contribution is 2.14. The van der Waals surface area contributed by atoms with E-state index in [0.717, 1.165) is 0 Å². The molecule has 0 spiro atoms. The van der Waals surface area contributed by atoms with Gasteiger partial charge in [0.2, 0.25) is 5.91 Å². The number of aromatic nitrogens is 2. The van der Waals surface area contributed by atoms with Gasteiger partial charge in [0.1, 0.15) is 17.7 Å². The smallest absolute Gasteiger partial charge is 0.246 e. The van der Waals surface area contributed by atoms with Crippen molar-refractivity contribution in [3.63, 3.8) is 0 Å². The van der Waals surface area contributed by atoms with Gasteiger partial charge in [0.05, 0.1) is 0 Å². The second-order valence-corrected chi connectivity index (χ2v) is 4.69. The van der Waals surface area contributed by atoms with Crippen LogP contribution >= 0.6 is 0 Å². The van der Waals surface area contributed by atoms with Crippen molar-refractivity contribution in [2.75, 3.05) is 10.6 Å². The molecule has 0 saturated carbocycles. The summed E-state index contributed by atoms with van der Waals surface area (Å²) in [4.78, 5) is 12.0. The summed E-state index contributed by atoms with van der Waals surface area (Å²) in [5.74, 6) is 0.0253. The van der Waals surface area contributed by atoms with E-state index in [1.807, 2.05) is 0 Å². The molecule has 0 aliphatic carbocycles. The van der Waals surface area contributed by atoms with E-state index in [0.29, 0.717) is 17.1 Å². The molecule has 2 rings (SSSR count). The number of anilines is 2. The molecule has 106 valence electrons. The van der Waals surface area contributed by atoms with Crippen molar-refractivity contribution >= 4 is 17.4 Å². The fourth-order valence-electron chi connectivity index (χ4n) is 1.70. The van der Waals surface area contributed by atoms with E-state index < -0.39 is 6.04 Å². The summed E-state index contributed by atoms with van der Waals surface area (Å²) in [7, 11) is 1.80. The van der Waals surface area contributed by atoms with Crippen LogP contribution in [-0.2, 0) is 11.8 Å². The number of halogens is 1. The molecule has 2 N–H and O–H groups in total. The van der Waals surface area contributed by atoms with Crippen molar-refractivity contribution in [2.45, 2.75) is 19.9 Å². The lowest BCUT2D eigenvalue weighted by Gasteiger charge is -2.13. The van der Waals surface area contributed by atoms with Gasteiger partial charge in [-0.25, -0.2) is 4.39 Å².